The Morgan fingerprint density at radius 1 is 0.774 bits per heavy atom. The lowest BCUT2D eigenvalue weighted by atomic mass is 9.51. The zero-order valence-electron chi connectivity index (χ0n) is 28.8. The molecule has 4 aromatic carbocycles. The molecule has 2 saturated heterocycles. The van der Waals surface area contributed by atoms with E-state index in [1.807, 2.05) is 18.2 Å². The van der Waals surface area contributed by atoms with E-state index in [0.29, 0.717) is 27.6 Å². The van der Waals surface area contributed by atoms with Crippen molar-refractivity contribution < 1.29 is 34.1 Å². The number of nitro benzene ring substituents is 2. The van der Waals surface area contributed by atoms with Crippen LogP contribution in [0.3, 0.4) is 0 Å². The number of nitro groups is 2. The van der Waals surface area contributed by atoms with E-state index < -0.39 is 79.9 Å². The van der Waals surface area contributed by atoms with Crippen molar-refractivity contribution in [1.29, 1.82) is 0 Å². The Bertz CT molecular complexity index is 2320. The highest BCUT2D eigenvalue weighted by Crippen LogP contribution is 2.64. The molecule has 268 valence electrons. The summed E-state index contributed by atoms with van der Waals surface area (Å²) in [5, 5.41) is 36.3. The van der Waals surface area contributed by atoms with Crippen molar-refractivity contribution in [2.45, 2.75) is 25.7 Å². The second-order valence-corrected chi connectivity index (χ2v) is 14.5. The summed E-state index contributed by atoms with van der Waals surface area (Å²) in [6, 6.07) is 21.1. The van der Waals surface area contributed by atoms with E-state index in [0.717, 1.165) is 17.0 Å². The molecule has 2 aliphatic carbocycles. The van der Waals surface area contributed by atoms with Gasteiger partial charge in [-0.2, -0.15) is 0 Å². The Hall–Kier alpha value is -6.44. The van der Waals surface area contributed by atoms with Crippen LogP contribution in [0.2, 0.25) is 0 Å². The van der Waals surface area contributed by atoms with E-state index in [4.69, 9.17) is 0 Å². The van der Waals surface area contributed by atoms with Gasteiger partial charge in [-0.1, -0.05) is 60.2 Å². The number of rotatable bonds is 6. The number of carbonyl (C=O) groups is 4. The molecule has 53 heavy (non-hydrogen) atoms. The quantitative estimate of drug-likeness (QED) is 0.110. The molecule has 4 aromatic rings. The fourth-order valence-corrected chi connectivity index (χ4v) is 9.45. The molecule has 6 atom stereocenters. The zero-order chi connectivity index (χ0) is 37.7. The minimum atomic E-state index is -1.32. The summed E-state index contributed by atoms with van der Waals surface area (Å²) >= 11 is 0. The summed E-state index contributed by atoms with van der Waals surface area (Å²) in [4.78, 5) is 84.0. The lowest BCUT2D eigenvalue weighted by Crippen LogP contribution is -2.49. The number of phenolic OH excluding ortho intramolecular Hbond substituents is 1. The number of imide groups is 2. The fourth-order valence-electron chi connectivity index (χ4n) is 9.45. The fraction of sp³-hybridized carbons (Fsp3) is 0.282. The number of aromatic hydroxyl groups is 1. The van der Waals surface area contributed by atoms with Gasteiger partial charge in [0.1, 0.15) is 5.75 Å². The molecule has 2 aliphatic heterocycles. The molecule has 1 saturated carbocycles. The second-order valence-electron chi connectivity index (χ2n) is 14.5. The first-order chi connectivity index (χ1) is 25.3. The number of hydrogen-bond donors (Lipinski definition) is 1. The molecule has 0 bridgehead atoms. The van der Waals surface area contributed by atoms with Crippen LogP contribution >= 0.6 is 0 Å². The Labute approximate surface area is 302 Å². The van der Waals surface area contributed by atoms with Crippen molar-refractivity contribution >= 4 is 62.8 Å². The molecule has 6 unspecified atom stereocenters. The zero-order valence-corrected chi connectivity index (χ0v) is 28.8. The molecule has 3 fully saturated rings. The molecular weight excluding hydrogens is 682 g/mol. The van der Waals surface area contributed by atoms with Crippen molar-refractivity contribution in [1.82, 2.24) is 0 Å². The van der Waals surface area contributed by atoms with Crippen molar-refractivity contribution in [3.63, 3.8) is 0 Å². The summed E-state index contributed by atoms with van der Waals surface area (Å²) < 4.78 is 0. The van der Waals surface area contributed by atoms with E-state index in [-0.39, 0.29) is 30.0 Å². The van der Waals surface area contributed by atoms with Gasteiger partial charge in [0.25, 0.3) is 0 Å². The SMILES string of the molecule is CN(C)c1c([N+](=O)[O-])cc(N2C(=O)C3CC=C4C(CC5C(=O)N(c6ccccc6)C(=O)C5(C)C4c4ccc(O)c5ccccc45)C3C2=O)cc1[N+](=O)[O-]. The first-order valence-corrected chi connectivity index (χ1v) is 17.1. The molecule has 14 nitrogen and oxygen atoms in total. The highest BCUT2D eigenvalue weighted by atomic mass is 16.6. The third-order valence-electron chi connectivity index (χ3n) is 11.7. The average Bonchev–Trinajstić information content (AvgIpc) is 3.51. The molecule has 0 aromatic heterocycles. The van der Waals surface area contributed by atoms with E-state index in [9.17, 15) is 44.5 Å². The number of carbonyl (C=O) groups excluding carboxylic acids is 4. The van der Waals surface area contributed by atoms with Crippen LogP contribution in [0.15, 0.2) is 90.5 Å². The Morgan fingerprint density at radius 3 is 2.02 bits per heavy atom. The van der Waals surface area contributed by atoms with Crippen LogP contribution in [0, 0.1) is 49.3 Å². The number of allylic oxidation sites excluding steroid dienone is 2. The van der Waals surface area contributed by atoms with Gasteiger partial charge < -0.3 is 10.0 Å². The number of fused-ring (bicyclic) bond motifs is 5. The second kappa shape index (κ2) is 11.8. The lowest BCUT2D eigenvalue weighted by Gasteiger charge is -2.49. The van der Waals surface area contributed by atoms with Gasteiger partial charge in [0.15, 0.2) is 5.69 Å². The number of hydrogen-bond acceptors (Lipinski definition) is 10. The third-order valence-corrected chi connectivity index (χ3v) is 11.7. The first kappa shape index (κ1) is 33.7. The van der Waals surface area contributed by atoms with Crippen LogP contribution in [0.4, 0.5) is 28.4 Å². The summed E-state index contributed by atoms with van der Waals surface area (Å²) in [6.45, 7) is 1.77. The van der Waals surface area contributed by atoms with Crippen LogP contribution in [0.25, 0.3) is 10.8 Å². The van der Waals surface area contributed by atoms with Crippen molar-refractivity contribution in [2.75, 3.05) is 28.8 Å². The molecular formula is C39H33N5O9. The minimum Gasteiger partial charge on any atom is -0.507 e. The van der Waals surface area contributed by atoms with Gasteiger partial charge >= 0.3 is 11.4 Å². The number of nitrogens with zero attached hydrogens (tertiary/aromatic N) is 5. The Balaban J connectivity index is 1.29. The third kappa shape index (κ3) is 4.64. The average molecular weight is 716 g/mol. The molecule has 4 aliphatic rings. The van der Waals surface area contributed by atoms with Gasteiger partial charge in [-0.05, 0) is 54.8 Å². The lowest BCUT2D eigenvalue weighted by molar-refractivity contribution is -0.392. The summed E-state index contributed by atoms with van der Waals surface area (Å²) in [7, 11) is 2.84. The first-order valence-electron chi connectivity index (χ1n) is 17.1. The molecule has 14 heteroatoms. The van der Waals surface area contributed by atoms with Crippen LogP contribution < -0.4 is 14.7 Å². The predicted octanol–water partition coefficient (Wildman–Crippen LogP) is 5.86. The van der Waals surface area contributed by atoms with E-state index in [2.05, 4.69) is 0 Å². The summed E-state index contributed by atoms with van der Waals surface area (Å²) in [6.07, 6.45) is 2.03. The molecule has 0 spiro atoms. The maximum Gasteiger partial charge on any atom is 0.301 e. The van der Waals surface area contributed by atoms with Crippen molar-refractivity contribution in [3.8, 4) is 5.75 Å². The van der Waals surface area contributed by atoms with Crippen LogP contribution in [-0.4, -0.2) is 52.7 Å². The van der Waals surface area contributed by atoms with Crippen LogP contribution in [-0.2, 0) is 19.2 Å². The molecule has 2 heterocycles. The van der Waals surface area contributed by atoms with Gasteiger partial charge in [-0.15, -0.1) is 0 Å². The number of benzene rings is 4. The van der Waals surface area contributed by atoms with Gasteiger partial charge in [0, 0.05) is 37.5 Å². The molecule has 8 rings (SSSR count). The maximum atomic E-state index is 14.7. The standard InChI is InChI=1S/C39H33N5O9/c1-39-28(36(47)42(38(39)49)20-9-5-4-6-10-20)19-27-25(33(39)24-15-16-31(45)23-12-8-7-11-22(23)24)13-14-26-32(27)37(48)41(35(26)46)21-17-29(43(50)51)34(40(2)3)30(18-21)44(52)53/h4-13,15-18,26-28,32-33,45H,14,19H2,1-3H3. The van der Waals surface area contributed by atoms with Crippen molar-refractivity contribution in [3.05, 3.63) is 116 Å². The van der Waals surface area contributed by atoms with E-state index >= 15 is 0 Å². The van der Waals surface area contributed by atoms with E-state index in [1.54, 1.807) is 61.5 Å². The normalized spacial score (nSPS) is 26.3. The number of amides is 4. The van der Waals surface area contributed by atoms with Gasteiger partial charge in [-0.3, -0.25) is 39.4 Å². The number of para-hydroxylation sites is 1. The monoisotopic (exact) mass is 715 g/mol. The highest BCUT2D eigenvalue weighted by molar-refractivity contribution is 6.25. The van der Waals surface area contributed by atoms with Gasteiger partial charge in [0.2, 0.25) is 23.6 Å². The highest BCUT2D eigenvalue weighted by Gasteiger charge is 2.68. The predicted molar refractivity (Wildman–Crippen MR) is 193 cm³/mol. The minimum absolute atomic E-state index is 0.0338. The number of phenols is 1. The van der Waals surface area contributed by atoms with Gasteiger partial charge in [-0.25, -0.2) is 9.80 Å². The van der Waals surface area contributed by atoms with Crippen molar-refractivity contribution in [2.24, 2.45) is 29.1 Å². The smallest absolute Gasteiger partial charge is 0.301 e. The summed E-state index contributed by atoms with van der Waals surface area (Å²) in [5.41, 5.74) is -1.39. The van der Waals surface area contributed by atoms with Crippen LogP contribution in [0.1, 0.15) is 31.2 Å². The maximum absolute atomic E-state index is 14.7. The Kier molecular flexibility index (Phi) is 7.50. The summed E-state index contributed by atoms with van der Waals surface area (Å²) in [5.74, 6) is -6.44. The molecule has 4 amide bonds. The van der Waals surface area contributed by atoms with Crippen LogP contribution in [0.5, 0.6) is 5.75 Å². The number of anilines is 3. The Morgan fingerprint density at radius 2 is 1.40 bits per heavy atom. The van der Waals surface area contributed by atoms with Gasteiger partial charge in [0.05, 0.1) is 44.4 Å². The largest absolute Gasteiger partial charge is 0.507 e. The molecule has 1 N–H and O–H groups in total. The topological polar surface area (TPSA) is 185 Å². The van der Waals surface area contributed by atoms with E-state index in [1.165, 1.54) is 23.9 Å². The molecule has 0 radical (unpaired) electrons.